The number of imidazole rings is 1. The number of halogens is 2. The molecule has 0 bridgehead atoms. The molecule has 0 saturated carbocycles. The molecule has 0 saturated heterocycles. The zero-order valence-electron chi connectivity index (χ0n) is 7.94. The molecule has 14 heavy (non-hydrogen) atoms. The lowest BCUT2D eigenvalue weighted by molar-refractivity contribution is 0.226. The molecule has 1 rings (SSSR count). The summed E-state index contributed by atoms with van der Waals surface area (Å²) in [6, 6.07) is 0. The quantitative estimate of drug-likeness (QED) is 0.721. The van der Waals surface area contributed by atoms with Gasteiger partial charge in [0.15, 0.2) is 0 Å². The van der Waals surface area contributed by atoms with E-state index in [1.54, 1.807) is 20.0 Å². The second-order valence-electron chi connectivity index (χ2n) is 2.97. The van der Waals surface area contributed by atoms with Crippen molar-refractivity contribution in [2.45, 2.75) is 20.3 Å². The summed E-state index contributed by atoms with van der Waals surface area (Å²) in [5.74, 6) is 0.719. The number of hydrogen-bond donors (Lipinski definition) is 2. The minimum Gasteiger partial charge on any atom is -0.343 e. The Morgan fingerprint density at radius 2 is 2.29 bits per heavy atom. The lowest BCUT2D eigenvalue weighted by Gasteiger charge is -1.98. The summed E-state index contributed by atoms with van der Waals surface area (Å²) in [5, 5.41) is 6.97. The molecule has 0 atom stereocenters. The van der Waals surface area contributed by atoms with Crippen molar-refractivity contribution in [1.82, 2.24) is 9.97 Å². The van der Waals surface area contributed by atoms with Crippen molar-refractivity contribution in [2.75, 3.05) is 0 Å². The van der Waals surface area contributed by atoms with Crippen LogP contribution < -0.4 is 0 Å². The Labute approximate surface area is 80.4 Å². The second kappa shape index (κ2) is 4.13. The Kier molecular flexibility index (Phi) is 3.11. The number of nitrogens with zero attached hydrogens (tertiary/aromatic N) is 1. The Morgan fingerprint density at radius 1 is 1.64 bits per heavy atom. The van der Waals surface area contributed by atoms with E-state index in [4.69, 9.17) is 5.41 Å². The lowest BCUT2D eigenvalue weighted by atomic mass is 10.2. The van der Waals surface area contributed by atoms with E-state index < -0.39 is 12.1 Å². The predicted octanol–water partition coefficient (Wildman–Crippen LogP) is 2.41. The highest BCUT2D eigenvalue weighted by Crippen LogP contribution is 2.12. The van der Waals surface area contributed by atoms with Crippen molar-refractivity contribution in [1.29, 1.82) is 5.41 Å². The molecule has 0 radical (unpaired) electrons. The van der Waals surface area contributed by atoms with Gasteiger partial charge >= 0.3 is 0 Å². The number of allylic oxidation sites excluding steroid dienone is 2. The molecule has 1 aromatic rings. The lowest BCUT2D eigenvalue weighted by Crippen LogP contribution is -2.05. The van der Waals surface area contributed by atoms with Crippen LogP contribution >= 0.6 is 0 Å². The number of nitrogens with one attached hydrogen (secondary N) is 2. The molecule has 2 N–H and O–H groups in total. The number of aromatic amines is 1. The highest BCUT2D eigenvalue weighted by atomic mass is 19.3. The van der Waals surface area contributed by atoms with Gasteiger partial charge in [-0.2, -0.15) is 0 Å². The van der Waals surface area contributed by atoms with Crippen LogP contribution in [-0.2, 0) is 0 Å². The summed E-state index contributed by atoms with van der Waals surface area (Å²) < 4.78 is 24.0. The molecule has 0 aliphatic heterocycles. The van der Waals surface area contributed by atoms with Gasteiger partial charge in [-0.25, -0.2) is 13.8 Å². The third-order valence-electron chi connectivity index (χ3n) is 1.73. The van der Waals surface area contributed by atoms with Gasteiger partial charge in [-0.3, -0.25) is 5.41 Å². The van der Waals surface area contributed by atoms with Crippen LogP contribution in [0, 0.1) is 12.3 Å². The molecular formula is C9H11F2N3. The first-order chi connectivity index (χ1) is 6.50. The number of aromatic nitrogens is 2. The molecule has 0 amide bonds. The first kappa shape index (κ1) is 10.6. The maximum absolute atomic E-state index is 12.0. The Morgan fingerprint density at radius 3 is 2.71 bits per heavy atom. The standard InChI is InChI=1S/C9H11F2N3/c1-5(3-7(12)9(10)11)8-4-13-6(2)14-8/h3-4,9,12H,1-2H3,(H,13,14)/b5-3-,12-7?. The van der Waals surface area contributed by atoms with Gasteiger partial charge < -0.3 is 4.98 Å². The molecule has 3 nitrogen and oxygen atoms in total. The van der Waals surface area contributed by atoms with Crippen molar-refractivity contribution in [3.8, 4) is 0 Å². The van der Waals surface area contributed by atoms with E-state index in [1.807, 2.05) is 0 Å². The molecule has 76 valence electrons. The van der Waals surface area contributed by atoms with E-state index in [1.165, 1.54) is 0 Å². The summed E-state index contributed by atoms with van der Waals surface area (Å²) in [6.45, 7) is 3.43. The van der Waals surface area contributed by atoms with Crippen molar-refractivity contribution >= 4 is 11.3 Å². The normalized spacial score (nSPS) is 12.2. The smallest absolute Gasteiger partial charge is 0.279 e. The number of hydrogen-bond acceptors (Lipinski definition) is 2. The van der Waals surface area contributed by atoms with Crippen LogP contribution in [-0.4, -0.2) is 22.1 Å². The molecule has 0 fully saturated rings. The molecule has 1 aromatic heterocycles. The van der Waals surface area contributed by atoms with E-state index in [0.29, 0.717) is 11.3 Å². The summed E-state index contributed by atoms with van der Waals surface area (Å²) in [7, 11) is 0. The minimum absolute atomic E-state index is 0.580. The van der Waals surface area contributed by atoms with Crippen molar-refractivity contribution in [3.63, 3.8) is 0 Å². The van der Waals surface area contributed by atoms with Gasteiger partial charge in [0.1, 0.15) is 5.82 Å². The summed E-state index contributed by atoms with van der Waals surface area (Å²) in [6.07, 6.45) is -0.0358. The van der Waals surface area contributed by atoms with E-state index in [0.717, 1.165) is 11.9 Å². The van der Waals surface area contributed by atoms with Crippen LogP contribution in [0.25, 0.3) is 5.57 Å². The third-order valence-corrected chi connectivity index (χ3v) is 1.73. The fourth-order valence-electron chi connectivity index (χ4n) is 0.995. The second-order valence-corrected chi connectivity index (χ2v) is 2.97. The number of rotatable bonds is 3. The van der Waals surface area contributed by atoms with Crippen molar-refractivity contribution in [3.05, 3.63) is 23.8 Å². The molecule has 0 spiro atoms. The molecular weight excluding hydrogens is 188 g/mol. The van der Waals surface area contributed by atoms with Crippen molar-refractivity contribution < 1.29 is 8.78 Å². The molecule has 5 heteroatoms. The third kappa shape index (κ3) is 2.48. The Hall–Kier alpha value is -1.52. The molecule has 0 aromatic carbocycles. The van der Waals surface area contributed by atoms with Gasteiger partial charge in [0.05, 0.1) is 17.6 Å². The van der Waals surface area contributed by atoms with Crippen LogP contribution in [0.2, 0.25) is 0 Å². The molecule has 0 unspecified atom stereocenters. The van der Waals surface area contributed by atoms with Crippen LogP contribution in [0.5, 0.6) is 0 Å². The Bertz CT molecular complexity index is 366. The fourth-order valence-corrected chi connectivity index (χ4v) is 0.995. The largest absolute Gasteiger partial charge is 0.343 e. The maximum Gasteiger partial charge on any atom is 0.279 e. The average molecular weight is 199 g/mol. The first-order valence-electron chi connectivity index (χ1n) is 4.07. The van der Waals surface area contributed by atoms with Crippen molar-refractivity contribution in [2.24, 2.45) is 0 Å². The fraction of sp³-hybridized carbons (Fsp3) is 0.333. The van der Waals surface area contributed by atoms with Crippen LogP contribution in [0.4, 0.5) is 8.78 Å². The monoisotopic (exact) mass is 199 g/mol. The predicted molar refractivity (Wildman–Crippen MR) is 50.7 cm³/mol. The minimum atomic E-state index is -2.73. The summed E-state index contributed by atoms with van der Waals surface area (Å²) >= 11 is 0. The Balaban J connectivity index is 2.84. The highest BCUT2D eigenvalue weighted by Gasteiger charge is 2.08. The number of alkyl halides is 2. The van der Waals surface area contributed by atoms with E-state index >= 15 is 0 Å². The van der Waals surface area contributed by atoms with Gasteiger partial charge in [-0.15, -0.1) is 0 Å². The first-order valence-corrected chi connectivity index (χ1v) is 4.07. The summed E-state index contributed by atoms with van der Waals surface area (Å²) in [4.78, 5) is 6.83. The molecule has 0 aliphatic carbocycles. The van der Waals surface area contributed by atoms with Crippen LogP contribution in [0.1, 0.15) is 18.4 Å². The van der Waals surface area contributed by atoms with Gasteiger partial charge in [-0.1, -0.05) is 0 Å². The SMILES string of the molecule is C/C(=C/C(=N)C(F)F)c1cnc(C)[nH]1. The van der Waals surface area contributed by atoms with Gasteiger partial charge in [0.25, 0.3) is 6.43 Å². The maximum atomic E-state index is 12.0. The topological polar surface area (TPSA) is 52.5 Å². The van der Waals surface area contributed by atoms with E-state index in [9.17, 15) is 8.78 Å². The summed E-state index contributed by atoms with van der Waals surface area (Å²) in [5.41, 5.74) is 0.554. The number of aryl methyl sites for hydroxylation is 1. The van der Waals surface area contributed by atoms with Gasteiger partial charge in [0, 0.05) is 0 Å². The van der Waals surface area contributed by atoms with E-state index in [2.05, 4.69) is 9.97 Å². The van der Waals surface area contributed by atoms with Crippen LogP contribution in [0.15, 0.2) is 12.3 Å². The van der Waals surface area contributed by atoms with Gasteiger partial charge in [0.2, 0.25) is 0 Å². The average Bonchev–Trinajstić information content (AvgIpc) is 2.51. The van der Waals surface area contributed by atoms with E-state index in [-0.39, 0.29) is 0 Å². The molecule has 1 heterocycles. The highest BCUT2D eigenvalue weighted by molar-refractivity contribution is 6.00. The van der Waals surface area contributed by atoms with Crippen LogP contribution in [0.3, 0.4) is 0 Å². The zero-order valence-corrected chi connectivity index (χ0v) is 7.94. The van der Waals surface area contributed by atoms with Gasteiger partial charge in [-0.05, 0) is 25.5 Å². The zero-order chi connectivity index (χ0) is 10.7. The number of H-pyrrole nitrogens is 1. The molecule has 0 aliphatic rings.